The molecule has 3 nitrogen and oxygen atoms in total. The summed E-state index contributed by atoms with van der Waals surface area (Å²) in [5, 5.41) is 0. The molecule has 1 atom stereocenters. The van der Waals surface area contributed by atoms with Crippen molar-refractivity contribution in [2.75, 3.05) is 13.1 Å². The van der Waals surface area contributed by atoms with Crippen LogP contribution in [0.1, 0.15) is 23.2 Å². The van der Waals surface area contributed by atoms with Gasteiger partial charge in [-0.2, -0.15) is 0 Å². The van der Waals surface area contributed by atoms with E-state index in [4.69, 9.17) is 5.73 Å². The fraction of sp³-hybridized carbons (Fsp3) is 0.417. The lowest BCUT2D eigenvalue weighted by atomic mass is 10.1. The van der Waals surface area contributed by atoms with Crippen LogP contribution in [0.25, 0.3) is 0 Å². The van der Waals surface area contributed by atoms with Gasteiger partial charge in [-0.05, 0) is 31.0 Å². The molecule has 2 N–H and O–H groups in total. The molecule has 1 saturated heterocycles. The van der Waals surface area contributed by atoms with E-state index in [1.165, 1.54) is 12.1 Å². The molecule has 0 spiro atoms. The highest BCUT2D eigenvalue weighted by Gasteiger charge is 2.22. The normalized spacial score (nSPS) is 20.9. The van der Waals surface area contributed by atoms with Crippen molar-refractivity contribution in [3.05, 3.63) is 35.6 Å². The third-order valence-corrected chi connectivity index (χ3v) is 2.82. The first-order chi connectivity index (χ1) is 7.66. The molecule has 0 aromatic heterocycles. The molecule has 1 fully saturated rings. The number of halogens is 1. The van der Waals surface area contributed by atoms with Gasteiger partial charge in [-0.1, -0.05) is 6.07 Å². The molecule has 86 valence electrons. The topological polar surface area (TPSA) is 46.3 Å². The van der Waals surface area contributed by atoms with Crippen LogP contribution in [0.2, 0.25) is 0 Å². The molecule has 1 aromatic rings. The van der Waals surface area contributed by atoms with Gasteiger partial charge in [0.2, 0.25) is 0 Å². The maximum Gasteiger partial charge on any atom is 0.254 e. The van der Waals surface area contributed by atoms with Crippen LogP contribution in [0.5, 0.6) is 0 Å². The fourth-order valence-electron chi connectivity index (χ4n) is 2.00. The number of nitrogens with two attached hydrogens (primary N) is 1. The van der Waals surface area contributed by atoms with Gasteiger partial charge >= 0.3 is 0 Å². The monoisotopic (exact) mass is 222 g/mol. The molecule has 16 heavy (non-hydrogen) atoms. The zero-order valence-corrected chi connectivity index (χ0v) is 9.03. The van der Waals surface area contributed by atoms with Crippen molar-refractivity contribution in [2.24, 2.45) is 5.73 Å². The average molecular weight is 222 g/mol. The number of amides is 1. The van der Waals surface area contributed by atoms with Gasteiger partial charge in [-0.25, -0.2) is 4.39 Å². The highest BCUT2D eigenvalue weighted by molar-refractivity contribution is 5.94. The zero-order valence-electron chi connectivity index (χ0n) is 9.03. The van der Waals surface area contributed by atoms with Crippen LogP contribution in [0.3, 0.4) is 0 Å². The van der Waals surface area contributed by atoms with Crippen molar-refractivity contribution in [3.8, 4) is 0 Å². The minimum atomic E-state index is -0.382. The Bertz CT molecular complexity index is 394. The van der Waals surface area contributed by atoms with E-state index in [9.17, 15) is 9.18 Å². The molecule has 0 radical (unpaired) electrons. The largest absolute Gasteiger partial charge is 0.337 e. The first-order valence-corrected chi connectivity index (χ1v) is 5.47. The lowest BCUT2D eigenvalue weighted by molar-refractivity contribution is 0.0708. The standard InChI is InChI=1S/C12H15FN2O/c13-10-4-1-3-9(7-10)12(16)15-6-2-5-11(14)8-15/h1,3-4,7,11H,2,5-6,8,14H2/t11-/m0/s1. The fourth-order valence-corrected chi connectivity index (χ4v) is 2.00. The second-order valence-electron chi connectivity index (χ2n) is 4.16. The molecular weight excluding hydrogens is 207 g/mol. The van der Waals surface area contributed by atoms with E-state index >= 15 is 0 Å². The minimum Gasteiger partial charge on any atom is -0.337 e. The van der Waals surface area contributed by atoms with Gasteiger partial charge < -0.3 is 10.6 Å². The van der Waals surface area contributed by atoms with Gasteiger partial charge in [0.15, 0.2) is 0 Å². The Kier molecular flexibility index (Phi) is 3.19. The summed E-state index contributed by atoms with van der Waals surface area (Å²) in [5.41, 5.74) is 6.20. The lowest BCUT2D eigenvalue weighted by Gasteiger charge is -2.30. The molecular formula is C12H15FN2O. The van der Waals surface area contributed by atoms with Crippen LogP contribution in [0.15, 0.2) is 24.3 Å². The predicted octanol–water partition coefficient (Wildman–Crippen LogP) is 1.39. The van der Waals surface area contributed by atoms with Crippen LogP contribution >= 0.6 is 0 Å². The molecule has 0 bridgehead atoms. The van der Waals surface area contributed by atoms with Crippen molar-refractivity contribution in [2.45, 2.75) is 18.9 Å². The van der Waals surface area contributed by atoms with Gasteiger partial charge in [0, 0.05) is 24.7 Å². The van der Waals surface area contributed by atoms with Crippen LogP contribution in [0, 0.1) is 5.82 Å². The summed E-state index contributed by atoms with van der Waals surface area (Å²) >= 11 is 0. The van der Waals surface area contributed by atoms with Crippen molar-refractivity contribution in [1.82, 2.24) is 4.90 Å². The van der Waals surface area contributed by atoms with Crippen molar-refractivity contribution in [1.29, 1.82) is 0 Å². The Labute approximate surface area is 94.0 Å². The van der Waals surface area contributed by atoms with Crippen LogP contribution < -0.4 is 5.73 Å². The molecule has 2 rings (SSSR count). The van der Waals surface area contributed by atoms with E-state index < -0.39 is 0 Å². The van der Waals surface area contributed by atoms with Crippen LogP contribution in [-0.4, -0.2) is 29.9 Å². The third kappa shape index (κ3) is 2.39. The zero-order chi connectivity index (χ0) is 11.5. The number of hydrogen-bond acceptors (Lipinski definition) is 2. The summed E-state index contributed by atoms with van der Waals surface area (Å²) in [4.78, 5) is 13.7. The number of piperidine rings is 1. The average Bonchev–Trinajstić information content (AvgIpc) is 2.28. The van der Waals surface area contributed by atoms with E-state index in [0.29, 0.717) is 18.7 Å². The first kappa shape index (κ1) is 11.1. The summed E-state index contributed by atoms with van der Waals surface area (Å²) < 4.78 is 13.0. The predicted molar refractivity (Wildman–Crippen MR) is 59.5 cm³/mol. The van der Waals surface area contributed by atoms with Gasteiger partial charge in [-0.3, -0.25) is 4.79 Å². The number of nitrogens with zero attached hydrogens (tertiary/aromatic N) is 1. The van der Waals surface area contributed by atoms with E-state index in [1.54, 1.807) is 17.0 Å². The molecule has 0 aliphatic carbocycles. The van der Waals surface area contributed by atoms with Crippen molar-refractivity contribution in [3.63, 3.8) is 0 Å². The Morgan fingerprint density at radius 3 is 3.00 bits per heavy atom. The van der Waals surface area contributed by atoms with E-state index in [2.05, 4.69) is 0 Å². The van der Waals surface area contributed by atoms with E-state index in [-0.39, 0.29) is 17.8 Å². The highest BCUT2D eigenvalue weighted by Crippen LogP contribution is 2.13. The molecule has 1 heterocycles. The van der Waals surface area contributed by atoms with Gasteiger partial charge in [0.1, 0.15) is 5.82 Å². The van der Waals surface area contributed by atoms with Crippen molar-refractivity contribution >= 4 is 5.91 Å². The summed E-state index contributed by atoms with van der Waals surface area (Å²) in [6.45, 7) is 1.28. The summed E-state index contributed by atoms with van der Waals surface area (Å²) in [5.74, 6) is -0.512. The Morgan fingerprint density at radius 2 is 2.31 bits per heavy atom. The number of carbonyl (C=O) groups is 1. The molecule has 0 unspecified atom stereocenters. The lowest BCUT2D eigenvalue weighted by Crippen LogP contribution is -2.45. The second-order valence-corrected chi connectivity index (χ2v) is 4.16. The summed E-state index contributed by atoms with van der Waals surface area (Å²) in [6.07, 6.45) is 1.87. The van der Waals surface area contributed by atoms with Gasteiger partial charge in [0.05, 0.1) is 0 Å². The first-order valence-electron chi connectivity index (χ1n) is 5.47. The van der Waals surface area contributed by atoms with E-state index in [0.717, 1.165) is 12.8 Å². The molecule has 4 heteroatoms. The minimum absolute atomic E-state index is 0.0475. The third-order valence-electron chi connectivity index (χ3n) is 2.82. The number of rotatable bonds is 1. The number of benzene rings is 1. The SMILES string of the molecule is N[C@H]1CCCN(C(=O)c2cccc(F)c2)C1. The molecule has 1 aromatic carbocycles. The molecule has 1 aliphatic heterocycles. The van der Waals surface area contributed by atoms with E-state index in [1.807, 2.05) is 0 Å². The summed E-state index contributed by atoms with van der Waals surface area (Å²) in [6, 6.07) is 5.82. The maximum atomic E-state index is 13.0. The Balaban J connectivity index is 2.12. The number of hydrogen-bond donors (Lipinski definition) is 1. The van der Waals surface area contributed by atoms with Gasteiger partial charge in [0.25, 0.3) is 5.91 Å². The Morgan fingerprint density at radius 1 is 1.50 bits per heavy atom. The molecule has 0 saturated carbocycles. The number of carbonyl (C=O) groups excluding carboxylic acids is 1. The second kappa shape index (κ2) is 4.61. The molecule has 1 aliphatic rings. The summed E-state index contributed by atoms with van der Waals surface area (Å²) in [7, 11) is 0. The highest BCUT2D eigenvalue weighted by atomic mass is 19.1. The Hall–Kier alpha value is -1.42. The van der Waals surface area contributed by atoms with Gasteiger partial charge in [-0.15, -0.1) is 0 Å². The molecule has 1 amide bonds. The smallest absolute Gasteiger partial charge is 0.254 e. The van der Waals surface area contributed by atoms with Crippen LogP contribution in [0.4, 0.5) is 4.39 Å². The maximum absolute atomic E-state index is 13.0. The van der Waals surface area contributed by atoms with Crippen molar-refractivity contribution < 1.29 is 9.18 Å². The quantitative estimate of drug-likeness (QED) is 0.780. The van der Waals surface area contributed by atoms with Crippen LogP contribution in [-0.2, 0) is 0 Å². The number of likely N-dealkylation sites (tertiary alicyclic amines) is 1.